The fourth-order valence-corrected chi connectivity index (χ4v) is 7.02. The van der Waals surface area contributed by atoms with Gasteiger partial charge in [0.2, 0.25) is 0 Å². The average Bonchev–Trinajstić information content (AvgIpc) is 2.89. The first-order valence-electron chi connectivity index (χ1n) is 12.1. The molecule has 35 heavy (non-hydrogen) atoms. The molecule has 0 aliphatic rings. The minimum Gasteiger partial charge on any atom is -0.290 e. The van der Waals surface area contributed by atoms with E-state index in [1.165, 1.54) is 0 Å². The minimum absolute atomic E-state index is 0.0890. The summed E-state index contributed by atoms with van der Waals surface area (Å²) in [6.07, 6.45) is 0. The monoisotopic (exact) mass is 483 g/mol. The first kappa shape index (κ1) is 24.9. The Bertz CT molecular complexity index is 1230. The van der Waals surface area contributed by atoms with Crippen molar-refractivity contribution in [3.8, 4) is 0 Å². The van der Waals surface area contributed by atoms with Gasteiger partial charge in [-0.3, -0.25) is 4.90 Å². The number of hydrogen-bond acceptors (Lipinski definition) is 3. The summed E-state index contributed by atoms with van der Waals surface area (Å²) >= 11 is 0. The molecule has 0 aliphatic heterocycles. The van der Waals surface area contributed by atoms with E-state index in [0.29, 0.717) is 18.0 Å². The molecule has 0 bridgehead atoms. The maximum atomic E-state index is 14.3. The van der Waals surface area contributed by atoms with Crippen molar-refractivity contribution in [2.75, 3.05) is 0 Å². The molecule has 0 saturated carbocycles. The maximum Gasteiger partial charge on any atom is 0.186 e. The van der Waals surface area contributed by atoms with E-state index >= 15 is 0 Å². The summed E-state index contributed by atoms with van der Waals surface area (Å²) in [5.41, 5.74) is 3.15. The van der Waals surface area contributed by atoms with Crippen LogP contribution in [0.4, 0.5) is 0 Å². The normalized spacial score (nSPS) is 13.6. The minimum atomic E-state index is -3.67. The van der Waals surface area contributed by atoms with Gasteiger partial charge < -0.3 is 0 Å². The molecule has 0 aromatic heterocycles. The lowest BCUT2D eigenvalue weighted by Gasteiger charge is -2.40. The first-order valence-corrected chi connectivity index (χ1v) is 13.7. The SMILES string of the molecule is CC(C)C(C(c1ccccc1)S(=O)(=O)c1ccccc1)N(Cc1ccccc1)Cc1ccccc1. The van der Waals surface area contributed by atoms with Crippen LogP contribution in [0, 0.1) is 5.92 Å². The number of benzene rings is 4. The van der Waals surface area contributed by atoms with Crippen LogP contribution >= 0.6 is 0 Å². The largest absolute Gasteiger partial charge is 0.290 e. The lowest BCUT2D eigenvalue weighted by Crippen LogP contribution is -2.45. The molecule has 2 atom stereocenters. The van der Waals surface area contributed by atoms with Gasteiger partial charge in [0.05, 0.1) is 4.90 Å². The van der Waals surface area contributed by atoms with Crippen molar-refractivity contribution in [3.05, 3.63) is 138 Å². The summed E-state index contributed by atoms with van der Waals surface area (Å²) in [7, 11) is -3.67. The molecule has 0 saturated heterocycles. The smallest absolute Gasteiger partial charge is 0.186 e. The molecule has 2 unspecified atom stereocenters. The van der Waals surface area contributed by atoms with Gasteiger partial charge in [-0.15, -0.1) is 0 Å². The van der Waals surface area contributed by atoms with Gasteiger partial charge >= 0.3 is 0 Å². The third kappa shape index (κ3) is 6.08. The van der Waals surface area contributed by atoms with Crippen LogP contribution in [-0.4, -0.2) is 19.4 Å². The third-order valence-electron chi connectivity index (χ3n) is 6.41. The summed E-state index contributed by atoms with van der Waals surface area (Å²) in [5, 5.41) is -0.710. The van der Waals surface area contributed by atoms with Gasteiger partial charge in [0.15, 0.2) is 9.84 Å². The zero-order valence-electron chi connectivity index (χ0n) is 20.4. The number of rotatable bonds is 10. The van der Waals surface area contributed by atoms with E-state index in [0.717, 1.165) is 16.7 Å². The molecule has 0 N–H and O–H groups in total. The summed E-state index contributed by atoms with van der Waals surface area (Å²) in [4.78, 5) is 2.70. The van der Waals surface area contributed by atoms with Crippen LogP contribution in [0.25, 0.3) is 0 Å². The molecule has 180 valence electrons. The Morgan fingerprint density at radius 3 is 1.43 bits per heavy atom. The van der Waals surface area contributed by atoms with Crippen molar-refractivity contribution in [1.82, 2.24) is 4.90 Å². The van der Waals surface area contributed by atoms with E-state index in [-0.39, 0.29) is 12.0 Å². The fourth-order valence-electron chi connectivity index (χ4n) is 4.82. The quantitative estimate of drug-likeness (QED) is 0.245. The predicted octanol–water partition coefficient (Wildman–Crippen LogP) is 6.93. The van der Waals surface area contributed by atoms with Crippen LogP contribution in [0.5, 0.6) is 0 Å². The molecule has 0 aliphatic carbocycles. The molecular weight excluding hydrogens is 450 g/mol. The van der Waals surface area contributed by atoms with Gasteiger partial charge in [0.25, 0.3) is 0 Å². The van der Waals surface area contributed by atoms with E-state index in [9.17, 15) is 8.42 Å². The summed E-state index contributed by atoms with van der Waals surface area (Å²) in [6.45, 7) is 5.58. The molecule has 4 aromatic carbocycles. The molecule has 3 nitrogen and oxygen atoms in total. The van der Waals surface area contributed by atoms with Gasteiger partial charge in [0, 0.05) is 19.1 Å². The molecule has 4 heteroatoms. The number of sulfone groups is 1. The zero-order chi connectivity index (χ0) is 24.7. The molecule has 0 fully saturated rings. The van der Waals surface area contributed by atoms with Gasteiger partial charge in [-0.2, -0.15) is 0 Å². The molecule has 0 spiro atoms. The Hall–Kier alpha value is -3.21. The molecular formula is C31H33NO2S. The number of hydrogen-bond donors (Lipinski definition) is 0. The number of nitrogens with zero attached hydrogens (tertiary/aromatic N) is 1. The van der Waals surface area contributed by atoms with Crippen LogP contribution in [-0.2, 0) is 22.9 Å². The molecule has 0 amide bonds. The lowest BCUT2D eigenvalue weighted by molar-refractivity contribution is 0.131. The average molecular weight is 484 g/mol. The van der Waals surface area contributed by atoms with Crippen LogP contribution in [0.1, 0.15) is 35.8 Å². The van der Waals surface area contributed by atoms with Crippen LogP contribution < -0.4 is 0 Å². The van der Waals surface area contributed by atoms with Crippen molar-refractivity contribution in [1.29, 1.82) is 0 Å². The molecule has 0 radical (unpaired) electrons. The highest BCUT2D eigenvalue weighted by molar-refractivity contribution is 7.91. The third-order valence-corrected chi connectivity index (χ3v) is 8.55. The van der Waals surface area contributed by atoms with E-state index in [1.807, 2.05) is 72.8 Å². The molecule has 4 aromatic rings. The second-order valence-corrected chi connectivity index (χ2v) is 11.4. The van der Waals surface area contributed by atoms with E-state index in [1.54, 1.807) is 24.3 Å². The fraction of sp³-hybridized carbons (Fsp3) is 0.226. The van der Waals surface area contributed by atoms with Crippen LogP contribution in [0.15, 0.2) is 126 Å². The van der Waals surface area contributed by atoms with Crippen molar-refractivity contribution >= 4 is 9.84 Å². The van der Waals surface area contributed by atoms with Crippen LogP contribution in [0.3, 0.4) is 0 Å². The molecule has 4 rings (SSSR count). The zero-order valence-corrected chi connectivity index (χ0v) is 21.2. The predicted molar refractivity (Wildman–Crippen MR) is 144 cm³/mol. The second kappa shape index (κ2) is 11.5. The second-order valence-electron chi connectivity index (χ2n) is 9.30. The van der Waals surface area contributed by atoms with E-state index in [2.05, 4.69) is 43.0 Å². The summed E-state index contributed by atoms with van der Waals surface area (Å²) in [6, 6.07) is 38.9. The lowest BCUT2D eigenvalue weighted by atomic mass is 9.93. The Labute approximate surface area is 210 Å². The Morgan fingerprint density at radius 2 is 1.00 bits per heavy atom. The topological polar surface area (TPSA) is 37.4 Å². The molecule has 0 heterocycles. The summed E-state index contributed by atoms with van der Waals surface area (Å²) in [5.74, 6) is 0.0890. The van der Waals surface area contributed by atoms with Crippen molar-refractivity contribution in [2.24, 2.45) is 5.92 Å². The Morgan fingerprint density at radius 1 is 0.600 bits per heavy atom. The van der Waals surface area contributed by atoms with Gasteiger partial charge in [-0.05, 0) is 34.7 Å². The van der Waals surface area contributed by atoms with Gasteiger partial charge in [0.1, 0.15) is 5.25 Å². The first-order chi connectivity index (χ1) is 17.0. The highest BCUT2D eigenvalue weighted by Gasteiger charge is 2.40. The van der Waals surface area contributed by atoms with Gasteiger partial charge in [-0.1, -0.05) is 123 Å². The van der Waals surface area contributed by atoms with E-state index in [4.69, 9.17) is 0 Å². The maximum absolute atomic E-state index is 14.3. The highest BCUT2D eigenvalue weighted by Crippen LogP contribution is 2.38. The standard InChI is InChI=1S/C31H33NO2S/c1-25(2)30(32(23-26-15-7-3-8-16-26)24-27-17-9-4-10-18-27)31(28-19-11-5-12-20-28)35(33,34)29-21-13-6-14-22-29/h3-22,25,30-31H,23-24H2,1-2H3. The Kier molecular flexibility index (Phi) is 8.17. The van der Waals surface area contributed by atoms with Crippen molar-refractivity contribution in [2.45, 2.75) is 43.1 Å². The van der Waals surface area contributed by atoms with Crippen LogP contribution in [0.2, 0.25) is 0 Å². The highest BCUT2D eigenvalue weighted by atomic mass is 32.2. The van der Waals surface area contributed by atoms with Crippen molar-refractivity contribution in [3.63, 3.8) is 0 Å². The Balaban J connectivity index is 1.85. The van der Waals surface area contributed by atoms with Crippen molar-refractivity contribution < 1.29 is 8.42 Å². The van der Waals surface area contributed by atoms with E-state index < -0.39 is 15.1 Å². The van der Waals surface area contributed by atoms with Gasteiger partial charge in [-0.25, -0.2) is 8.42 Å². The summed E-state index contributed by atoms with van der Waals surface area (Å²) < 4.78 is 28.5.